The summed E-state index contributed by atoms with van der Waals surface area (Å²) in [5.74, 6) is 0. The summed E-state index contributed by atoms with van der Waals surface area (Å²) in [4.78, 5) is 0. The Labute approximate surface area is 79.7 Å². The van der Waals surface area contributed by atoms with Gasteiger partial charge in [0.25, 0.3) is 0 Å². The molecule has 0 atom stereocenters. The summed E-state index contributed by atoms with van der Waals surface area (Å²) in [6.07, 6.45) is 2.00. The summed E-state index contributed by atoms with van der Waals surface area (Å²) in [6, 6.07) is 6.18. The molecule has 0 N–H and O–H groups in total. The molecule has 2 rings (SSSR count). The van der Waals surface area contributed by atoms with E-state index in [-0.39, 0.29) is 5.41 Å². The highest BCUT2D eigenvalue weighted by Crippen LogP contribution is 2.30. The van der Waals surface area contributed by atoms with Gasteiger partial charge < -0.3 is 0 Å². The molecule has 2 nitrogen and oxygen atoms in total. The summed E-state index contributed by atoms with van der Waals surface area (Å²) >= 11 is 0. The molecule has 0 aliphatic heterocycles. The topological polar surface area (TPSA) is 17.3 Å². The van der Waals surface area contributed by atoms with Gasteiger partial charge in [0.15, 0.2) is 0 Å². The lowest BCUT2D eigenvalue weighted by Crippen LogP contribution is -2.10. The smallest absolute Gasteiger partial charge is 0.0955 e. The number of fused-ring (bicyclic) bond motifs is 1. The molecule has 0 amide bonds. The van der Waals surface area contributed by atoms with E-state index in [9.17, 15) is 0 Å². The molecule has 0 bridgehead atoms. The second-order valence-electron chi connectivity index (χ2n) is 4.19. The highest BCUT2D eigenvalue weighted by Gasteiger charge is 2.17. The van der Waals surface area contributed by atoms with Crippen molar-refractivity contribution in [2.45, 2.75) is 26.2 Å². The molecule has 0 radical (unpaired) electrons. The monoisotopic (exact) mass is 192 g/mol. The number of rotatable bonds is 0. The zero-order valence-corrected chi connectivity index (χ0v) is 9.05. The third-order valence-corrected chi connectivity index (χ3v) is 3.47. The van der Waals surface area contributed by atoms with Gasteiger partial charge in [-0.15, -0.1) is 0 Å². The first-order valence-electron chi connectivity index (χ1n) is 4.39. The second kappa shape index (κ2) is 2.81. The normalized spacial score (nSPS) is 12.8. The third-order valence-electron chi connectivity index (χ3n) is 1.91. The van der Waals surface area contributed by atoms with Gasteiger partial charge in [-0.2, -0.15) is 5.10 Å². The minimum absolute atomic E-state index is 0.174. The summed E-state index contributed by atoms with van der Waals surface area (Å²) in [7, 11) is 1.25. The molecule has 68 valence electrons. The van der Waals surface area contributed by atoms with Crippen molar-refractivity contribution in [3.63, 3.8) is 0 Å². The molecule has 0 fully saturated rings. The van der Waals surface area contributed by atoms with E-state index < -0.39 is 0 Å². The maximum absolute atomic E-state index is 4.54. The Hall–Kier alpha value is -0.880. The molecule has 0 saturated carbocycles. The Bertz CT molecular complexity index is 393. The summed E-state index contributed by atoms with van der Waals surface area (Å²) < 4.78 is 1.96. The van der Waals surface area contributed by atoms with Crippen LogP contribution in [-0.4, -0.2) is 9.61 Å². The molecular weight excluding hydrogens is 179 g/mol. The number of hydrogen-bond donors (Lipinski definition) is 0. The lowest BCUT2D eigenvalue weighted by atomic mass is 9.98. The minimum atomic E-state index is 0.174. The second-order valence-corrected chi connectivity index (χ2v) is 5.29. The van der Waals surface area contributed by atoms with Crippen molar-refractivity contribution in [2.75, 3.05) is 0 Å². The molecule has 0 spiro atoms. The van der Waals surface area contributed by atoms with Crippen LogP contribution >= 0.6 is 8.19 Å². The lowest BCUT2D eigenvalue weighted by molar-refractivity contribution is 0.574. The van der Waals surface area contributed by atoms with Crippen molar-refractivity contribution >= 4 is 13.4 Å². The molecule has 0 aliphatic carbocycles. The lowest BCUT2D eigenvalue weighted by Gasteiger charge is -2.12. The highest BCUT2D eigenvalue weighted by atomic mass is 31.0. The van der Waals surface area contributed by atoms with E-state index in [1.807, 2.05) is 16.8 Å². The van der Waals surface area contributed by atoms with Crippen LogP contribution in [0.2, 0.25) is 0 Å². The molecule has 2 heterocycles. The van der Waals surface area contributed by atoms with Crippen LogP contribution in [0.1, 0.15) is 26.2 Å². The fourth-order valence-corrected chi connectivity index (χ4v) is 2.22. The number of hydrogen-bond acceptors (Lipinski definition) is 1. The first-order chi connectivity index (χ1) is 6.07. The van der Waals surface area contributed by atoms with Crippen LogP contribution < -0.4 is 0 Å². The molecule has 0 unspecified atom stereocenters. The van der Waals surface area contributed by atoms with E-state index in [0.29, 0.717) is 0 Å². The fraction of sp³-hybridized carbons (Fsp3) is 0.400. The van der Waals surface area contributed by atoms with Gasteiger partial charge in [-0.05, 0) is 20.3 Å². The van der Waals surface area contributed by atoms with Gasteiger partial charge in [0.2, 0.25) is 0 Å². The molecule has 3 heteroatoms. The predicted molar refractivity (Wildman–Crippen MR) is 56.4 cm³/mol. The molecule has 0 saturated heterocycles. The van der Waals surface area contributed by atoms with Crippen molar-refractivity contribution < 1.29 is 0 Å². The largest absolute Gasteiger partial charge is 0.236 e. The Kier molecular flexibility index (Phi) is 1.88. The number of nitrogens with zero attached hydrogens (tertiary/aromatic N) is 2. The van der Waals surface area contributed by atoms with Gasteiger partial charge in [-0.1, -0.05) is 26.8 Å². The summed E-state index contributed by atoms with van der Waals surface area (Å²) in [5, 5.41) is 5.80. The third kappa shape index (κ3) is 1.59. The fourth-order valence-electron chi connectivity index (χ4n) is 1.15. The molecule has 2 aromatic rings. The molecular formula is C10H13N2P. The van der Waals surface area contributed by atoms with Gasteiger partial charge in [0, 0.05) is 11.6 Å². The van der Waals surface area contributed by atoms with E-state index in [0.717, 1.165) is 0 Å². The molecule has 2 aromatic heterocycles. The predicted octanol–water partition coefficient (Wildman–Crippen LogP) is 3.21. The highest BCUT2D eigenvalue weighted by molar-refractivity contribution is 7.36. The Morgan fingerprint density at radius 1 is 1.31 bits per heavy atom. The standard InChI is InChI=1S/C10H13N2P/c1-10(2,3)9-11-12-7-5-4-6-8(12)13-9/h4-7H,1-3H3. The van der Waals surface area contributed by atoms with Crippen LogP contribution in [0.5, 0.6) is 0 Å². The van der Waals surface area contributed by atoms with Crippen molar-refractivity contribution in [3.8, 4) is 0 Å². The molecule has 13 heavy (non-hydrogen) atoms. The van der Waals surface area contributed by atoms with Crippen molar-refractivity contribution in [1.29, 1.82) is 0 Å². The van der Waals surface area contributed by atoms with Crippen LogP contribution in [0.4, 0.5) is 0 Å². The van der Waals surface area contributed by atoms with E-state index in [2.05, 4.69) is 38.0 Å². The van der Waals surface area contributed by atoms with Gasteiger partial charge in [-0.25, -0.2) is 4.52 Å². The van der Waals surface area contributed by atoms with Gasteiger partial charge in [0.1, 0.15) is 0 Å². The van der Waals surface area contributed by atoms with Gasteiger partial charge in [-0.3, -0.25) is 0 Å². The van der Waals surface area contributed by atoms with Crippen LogP contribution in [0.25, 0.3) is 5.25 Å². The summed E-state index contributed by atoms with van der Waals surface area (Å²) in [5.41, 5.74) is 1.41. The zero-order valence-electron chi connectivity index (χ0n) is 8.15. The van der Waals surface area contributed by atoms with Gasteiger partial charge in [0.05, 0.1) is 10.7 Å². The van der Waals surface area contributed by atoms with E-state index in [1.165, 1.54) is 18.9 Å². The average molecular weight is 192 g/mol. The minimum Gasteiger partial charge on any atom is -0.236 e. The molecule has 0 aliphatic rings. The average Bonchev–Trinajstić information content (AvgIpc) is 2.45. The van der Waals surface area contributed by atoms with Crippen LogP contribution in [-0.2, 0) is 5.41 Å². The first kappa shape index (κ1) is 8.71. The van der Waals surface area contributed by atoms with Crippen LogP contribution in [0, 0.1) is 0 Å². The SMILES string of the molecule is CC(C)(C)c1nn2ccccc2p1. The van der Waals surface area contributed by atoms with Crippen molar-refractivity contribution in [2.24, 2.45) is 0 Å². The van der Waals surface area contributed by atoms with Gasteiger partial charge >= 0.3 is 0 Å². The van der Waals surface area contributed by atoms with E-state index >= 15 is 0 Å². The number of pyridine rings is 1. The quantitative estimate of drug-likeness (QED) is 0.626. The van der Waals surface area contributed by atoms with E-state index in [4.69, 9.17) is 0 Å². The Morgan fingerprint density at radius 2 is 2.08 bits per heavy atom. The Morgan fingerprint density at radius 3 is 2.69 bits per heavy atom. The van der Waals surface area contributed by atoms with Crippen molar-refractivity contribution in [3.05, 3.63) is 29.8 Å². The zero-order chi connectivity index (χ0) is 9.47. The molecule has 0 aromatic carbocycles. The van der Waals surface area contributed by atoms with E-state index in [1.54, 1.807) is 0 Å². The van der Waals surface area contributed by atoms with Crippen molar-refractivity contribution in [1.82, 2.24) is 9.61 Å². The Balaban J connectivity index is 2.63. The van der Waals surface area contributed by atoms with Crippen LogP contribution in [0.15, 0.2) is 24.4 Å². The summed E-state index contributed by atoms with van der Waals surface area (Å²) in [6.45, 7) is 6.60. The maximum Gasteiger partial charge on any atom is 0.0955 e. The first-order valence-corrected chi connectivity index (χ1v) is 5.29. The van der Waals surface area contributed by atoms with Crippen LogP contribution in [0.3, 0.4) is 0 Å². The maximum atomic E-state index is 4.54. The number of aromatic nitrogens is 2.